The topological polar surface area (TPSA) is 88.2 Å². The number of nitrogens with one attached hydrogen (secondary N) is 2. The van der Waals surface area contributed by atoms with Gasteiger partial charge in [0.05, 0.1) is 24.8 Å². The van der Waals surface area contributed by atoms with Gasteiger partial charge in [0.2, 0.25) is 5.75 Å². The van der Waals surface area contributed by atoms with Crippen molar-refractivity contribution in [1.82, 2.24) is 20.2 Å². The first-order valence-electron chi connectivity index (χ1n) is 9.08. The molecule has 1 aliphatic rings. The maximum atomic E-state index is 5.85. The molecule has 0 saturated carbocycles. The standard InChI is InChI=1S/C19H24N6O2/c1-11-9-25(10-12(2)27-11)19-16(26-4)18(20-13(3)21-19)22-17-14-7-5-6-8-15(14)23-24-17/h5-8,11-12H,9-10H2,1-4H3,(H2,20,21,22,23,24). The largest absolute Gasteiger partial charge is 0.490 e. The Morgan fingerprint density at radius 1 is 1.15 bits per heavy atom. The van der Waals surface area contributed by atoms with Crippen molar-refractivity contribution < 1.29 is 9.47 Å². The fraction of sp³-hybridized carbons (Fsp3) is 0.421. The Balaban J connectivity index is 1.74. The zero-order valence-electron chi connectivity index (χ0n) is 16.0. The molecule has 8 nitrogen and oxygen atoms in total. The SMILES string of the molecule is COc1c(Nc2n[nH]c3ccccc23)nc(C)nc1N1CC(C)OC(C)C1. The highest BCUT2D eigenvalue weighted by atomic mass is 16.5. The fourth-order valence-electron chi connectivity index (χ4n) is 3.56. The molecule has 2 atom stereocenters. The van der Waals surface area contributed by atoms with Crippen molar-refractivity contribution >= 4 is 28.4 Å². The highest BCUT2D eigenvalue weighted by Gasteiger charge is 2.27. The van der Waals surface area contributed by atoms with Gasteiger partial charge in [-0.25, -0.2) is 9.97 Å². The highest BCUT2D eigenvalue weighted by Crippen LogP contribution is 2.36. The first-order chi connectivity index (χ1) is 13.0. The minimum atomic E-state index is 0.125. The molecule has 3 heterocycles. The van der Waals surface area contributed by atoms with E-state index >= 15 is 0 Å². The summed E-state index contributed by atoms with van der Waals surface area (Å²) in [4.78, 5) is 11.4. The van der Waals surface area contributed by atoms with Crippen LogP contribution in [0.2, 0.25) is 0 Å². The molecule has 8 heteroatoms. The Morgan fingerprint density at radius 2 is 1.89 bits per heavy atom. The Labute approximate surface area is 157 Å². The molecule has 4 rings (SSSR count). The zero-order chi connectivity index (χ0) is 19.0. The predicted octanol–water partition coefficient (Wildman–Crippen LogP) is 3.03. The van der Waals surface area contributed by atoms with Gasteiger partial charge in [-0.2, -0.15) is 5.10 Å². The molecular formula is C19H24N6O2. The first kappa shape index (κ1) is 17.5. The number of benzene rings is 1. The summed E-state index contributed by atoms with van der Waals surface area (Å²) in [6.45, 7) is 7.52. The van der Waals surface area contributed by atoms with E-state index in [9.17, 15) is 0 Å². The lowest BCUT2D eigenvalue weighted by Gasteiger charge is -2.36. The van der Waals surface area contributed by atoms with Crippen LogP contribution in [-0.2, 0) is 4.74 Å². The van der Waals surface area contributed by atoms with Gasteiger partial charge in [0.15, 0.2) is 17.5 Å². The molecule has 0 radical (unpaired) electrons. The van der Waals surface area contributed by atoms with Gasteiger partial charge in [-0.15, -0.1) is 0 Å². The van der Waals surface area contributed by atoms with Gasteiger partial charge in [0.1, 0.15) is 5.82 Å². The van der Waals surface area contributed by atoms with Crippen molar-refractivity contribution in [2.24, 2.45) is 0 Å². The molecule has 0 aliphatic carbocycles. The summed E-state index contributed by atoms with van der Waals surface area (Å²) < 4.78 is 11.6. The van der Waals surface area contributed by atoms with Crippen molar-refractivity contribution in [2.75, 3.05) is 30.4 Å². The number of anilines is 3. The molecule has 1 fully saturated rings. The monoisotopic (exact) mass is 368 g/mol. The smallest absolute Gasteiger partial charge is 0.204 e. The number of aryl methyl sites for hydroxylation is 1. The molecule has 3 aromatic rings. The van der Waals surface area contributed by atoms with E-state index in [-0.39, 0.29) is 12.2 Å². The number of ether oxygens (including phenoxy) is 2. The number of methoxy groups -OCH3 is 1. The number of H-pyrrole nitrogens is 1. The van der Waals surface area contributed by atoms with E-state index in [0.29, 0.717) is 23.2 Å². The van der Waals surface area contributed by atoms with Gasteiger partial charge < -0.3 is 19.7 Å². The number of hydrogen-bond donors (Lipinski definition) is 2. The third-order valence-electron chi connectivity index (χ3n) is 4.59. The normalized spacial score (nSPS) is 20.1. The van der Waals surface area contributed by atoms with Crippen LogP contribution in [-0.4, -0.2) is 52.6 Å². The van der Waals surface area contributed by atoms with Crippen molar-refractivity contribution in [3.8, 4) is 5.75 Å². The van der Waals surface area contributed by atoms with E-state index in [4.69, 9.17) is 9.47 Å². The molecule has 2 N–H and O–H groups in total. The zero-order valence-corrected chi connectivity index (χ0v) is 16.0. The van der Waals surface area contributed by atoms with E-state index < -0.39 is 0 Å². The van der Waals surface area contributed by atoms with Crippen LogP contribution in [0, 0.1) is 6.92 Å². The van der Waals surface area contributed by atoms with Gasteiger partial charge in [-0.3, -0.25) is 5.10 Å². The van der Waals surface area contributed by atoms with Crippen LogP contribution >= 0.6 is 0 Å². The minimum Gasteiger partial charge on any atom is -0.490 e. The molecular weight excluding hydrogens is 344 g/mol. The Hall–Kier alpha value is -2.87. The molecule has 0 amide bonds. The van der Waals surface area contributed by atoms with Crippen LogP contribution in [0.25, 0.3) is 10.9 Å². The van der Waals surface area contributed by atoms with E-state index in [1.165, 1.54) is 0 Å². The van der Waals surface area contributed by atoms with E-state index in [1.54, 1.807) is 7.11 Å². The molecule has 27 heavy (non-hydrogen) atoms. The van der Waals surface area contributed by atoms with E-state index in [1.807, 2.05) is 31.2 Å². The average molecular weight is 368 g/mol. The first-order valence-corrected chi connectivity index (χ1v) is 9.08. The second-order valence-corrected chi connectivity index (χ2v) is 6.88. The lowest BCUT2D eigenvalue weighted by molar-refractivity contribution is -0.00559. The van der Waals surface area contributed by atoms with E-state index in [0.717, 1.165) is 29.8 Å². The lowest BCUT2D eigenvalue weighted by Crippen LogP contribution is -2.46. The predicted molar refractivity (Wildman–Crippen MR) is 105 cm³/mol. The molecule has 142 valence electrons. The molecule has 1 aliphatic heterocycles. The Morgan fingerprint density at radius 3 is 2.63 bits per heavy atom. The van der Waals surface area contributed by atoms with Gasteiger partial charge in [0.25, 0.3) is 0 Å². The average Bonchev–Trinajstić information content (AvgIpc) is 3.03. The number of fused-ring (bicyclic) bond motifs is 1. The van der Waals surface area contributed by atoms with Crippen molar-refractivity contribution in [2.45, 2.75) is 33.0 Å². The number of aromatic nitrogens is 4. The van der Waals surface area contributed by atoms with Crippen LogP contribution in [0.3, 0.4) is 0 Å². The molecule has 0 bridgehead atoms. The Bertz CT molecular complexity index is 947. The number of hydrogen-bond acceptors (Lipinski definition) is 7. The number of morpholine rings is 1. The van der Waals surface area contributed by atoms with Crippen LogP contribution in [0.1, 0.15) is 19.7 Å². The van der Waals surface area contributed by atoms with Gasteiger partial charge >= 0.3 is 0 Å². The van der Waals surface area contributed by atoms with Gasteiger partial charge in [-0.1, -0.05) is 12.1 Å². The summed E-state index contributed by atoms with van der Waals surface area (Å²) in [5.74, 6) is 3.35. The number of para-hydroxylation sites is 1. The highest BCUT2D eigenvalue weighted by molar-refractivity contribution is 5.91. The maximum Gasteiger partial charge on any atom is 0.204 e. The fourth-order valence-corrected chi connectivity index (χ4v) is 3.56. The number of nitrogens with zero attached hydrogens (tertiary/aromatic N) is 4. The van der Waals surface area contributed by atoms with Crippen molar-refractivity contribution in [3.63, 3.8) is 0 Å². The van der Waals surface area contributed by atoms with Crippen LogP contribution in [0.15, 0.2) is 24.3 Å². The van der Waals surface area contributed by atoms with Gasteiger partial charge in [-0.05, 0) is 32.9 Å². The minimum absolute atomic E-state index is 0.125. The summed E-state index contributed by atoms with van der Waals surface area (Å²) in [5.41, 5.74) is 0.959. The van der Waals surface area contributed by atoms with Crippen molar-refractivity contribution in [3.05, 3.63) is 30.1 Å². The van der Waals surface area contributed by atoms with Crippen LogP contribution in [0.4, 0.5) is 17.5 Å². The summed E-state index contributed by atoms with van der Waals surface area (Å²) in [6, 6.07) is 7.94. The molecule has 0 spiro atoms. The second kappa shape index (κ2) is 7.03. The molecule has 1 saturated heterocycles. The lowest BCUT2D eigenvalue weighted by atomic mass is 10.2. The third-order valence-corrected chi connectivity index (χ3v) is 4.59. The van der Waals surface area contributed by atoms with Crippen LogP contribution < -0.4 is 15.0 Å². The summed E-state index contributed by atoms with van der Waals surface area (Å²) >= 11 is 0. The Kier molecular flexibility index (Phi) is 4.57. The molecule has 1 aromatic carbocycles. The maximum absolute atomic E-state index is 5.85. The van der Waals surface area contributed by atoms with Gasteiger partial charge in [0, 0.05) is 18.5 Å². The third kappa shape index (κ3) is 3.40. The summed E-state index contributed by atoms with van der Waals surface area (Å²) in [6.07, 6.45) is 0.251. The summed E-state index contributed by atoms with van der Waals surface area (Å²) in [5, 5.41) is 11.7. The molecule has 2 aromatic heterocycles. The number of rotatable bonds is 4. The van der Waals surface area contributed by atoms with Crippen molar-refractivity contribution in [1.29, 1.82) is 0 Å². The van der Waals surface area contributed by atoms with Crippen LogP contribution in [0.5, 0.6) is 5.75 Å². The summed E-state index contributed by atoms with van der Waals surface area (Å²) in [7, 11) is 1.64. The quantitative estimate of drug-likeness (QED) is 0.732. The van der Waals surface area contributed by atoms with E-state index in [2.05, 4.69) is 44.2 Å². The molecule has 2 unspecified atom stereocenters. The second-order valence-electron chi connectivity index (χ2n) is 6.88. The number of aromatic amines is 1.